The SMILES string of the molecule is Cc1cc(S(=O)(=O)N2CCc3ccccc32)ccc1OCC(=O)Nc1ccc(C(C)C)cc1. The first-order chi connectivity index (χ1) is 15.8. The van der Waals surface area contributed by atoms with Crippen LogP contribution in [0.2, 0.25) is 0 Å². The van der Waals surface area contributed by atoms with E-state index in [2.05, 4.69) is 19.2 Å². The van der Waals surface area contributed by atoms with Gasteiger partial charge in [0.15, 0.2) is 6.61 Å². The highest BCUT2D eigenvalue weighted by molar-refractivity contribution is 7.92. The molecule has 4 rings (SSSR count). The minimum atomic E-state index is -3.67. The maximum absolute atomic E-state index is 13.2. The number of ether oxygens (including phenoxy) is 1. The number of nitrogens with zero attached hydrogens (tertiary/aromatic N) is 1. The Bertz CT molecular complexity index is 1270. The molecule has 3 aromatic rings. The molecule has 6 nitrogen and oxygen atoms in total. The summed E-state index contributed by atoms with van der Waals surface area (Å²) in [6.07, 6.45) is 0.699. The van der Waals surface area contributed by atoms with Crippen LogP contribution in [0.4, 0.5) is 11.4 Å². The molecular formula is C26H28N2O4S. The molecule has 0 saturated carbocycles. The number of benzene rings is 3. The van der Waals surface area contributed by atoms with Gasteiger partial charge in [-0.25, -0.2) is 8.42 Å². The van der Waals surface area contributed by atoms with Gasteiger partial charge in [-0.05, 0) is 72.4 Å². The molecule has 0 atom stereocenters. The third kappa shape index (κ3) is 4.88. The lowest BCUT2D eigenvalue weighted by Gasteiger charge is -2.20. The van der Waals surface area contributed by atoms with E-state index in [1.54, 1.807) is 19.1 Å². The maximum Gasteiger partial charge on any atom is 0.264 e. The largest absolute Gasteiger partial charge is 0.483 e. The normalized spacial score (nSPS) is 13.2. The summed E-state index contributed by atoms with van der Waals surface area (Å²) in [5, 5.41) is 2.81. The van der Waals surface area contributed by atoms with Gasteiger partial charge in [0.25, 0.3) is 15.9 Å². The summed E-state index contributed by atoms with van der Waals surface area (Å²) < 4.78 is 33.5. The molecule has 1 aliphatic rings. The van der Waals surface area contributed by atoms with Crippen LogP contribution < -0.4 is 14.4 Å². The van der Waals surface area contributed by atoms with Crippen LogP contribution in [0.15, 0.2) is 71.6 Å². The van der Waals surface area contributed by atoms with Crippen LogP contribution in [0.25, 0.3) is 0 Å². The minimum absolute atomic E-state index is 0.168. The summed E-state index contributed by atoms with van der Waals surface area (Å²) in [5.41, 5.74) is 4.32. The Morgan fingerprint density at radius 2 is 1.79 bits per heavy atom. The summed E-state index contributed by atoms with van der Waals surface area (Å²) in [5.74, 6) is 0.617. The Morgan fingerprint density at radius 1 is 1.06 bits per heavy atom. The average Bonchev–Trinajstić information content (AvgIpc) is 3.23. The van der Waals surface area contributed by atoms with Crippen molar-refractivity contribution in [3.63, 3.8) is 0 Å². The van der Waals surface area contributed by atoms with Crippen molar-refractivity contribution in [3.05, 3.63) is 83.4 Å². The standard InChI is InChI=1S/C26H28N2O4S/c1-18(2)20-8-10-22(11-9-20)27-26(29)17-32-25-13-12-23(16-19(25)3)33(30,31)28-15-14-21-6-4-5-7-24(21)28/h4-13,16,18H,14-15,17H2,1-3H3,(H,27,29). The molecule has 7 heteroatoms. The molecule has 1 heterocycles. The Balaban J connectivity index is 1.41. The summed E-state index contributed by atoms with van der Waals surface area (Å²) >= 11 is 0. The average molecular weight is 465 g/mol. The molecule has 33 heavy (non-hydrogen) atoms. The van der Waals surface area contributed by atoms with Crippen LogP contribution in [-0.4, -0.2) is 27.5 Å². The molecule has 0 aliphatic carbocycles. The fourth-order valence-electron chi connectivity index (χ4n) is 3.92. The van der Waals surface area contributed by atoms with Crippen molar-refractivity contribution < 1.29 is 17.9 Å². The molecule has 0 spiro atoms. The number of fused-ring (bicyclic) bond motifs is 1. The number of amides is 1. The van der Waals surface area contributed by atoms with Crippen LogP contribution in [0.3, 0.4) is 0 Å². The third-order valence-electron chi connectivity index (χ3n) is 5.80. The fourth-order valence-corrected chi connectivity index (χ4v) is 5.51. The van der Waals surface area contributed by atoms with E-state index in [0.717, 1.165) is 11.3 Å². The van der Waals surface area contributed by atoms with Crippen molar-refractivity contribution in [1.82, 2.24) is 0 Å². The van der Waals surface area contributed by atoms with Gasteiger partial charge in [0.05, 0.1) is 10.6 Å². The lowest BCUT2D eigenvalue weighted by Crippen LogP contribution is -2.29. The zero-order chi connectivity index (χ0) is 23.6. The molecule has 0 bridgehead atoms. The smallest absolute Gasteiger partial charge is 0.264 e. The van der Waals surface area contributed by atoms with Gasteiger partial charge in [-0.3, -0.25) is 9.10 Å². The Kier molecular flexibility index (Phi) is 6.42. The number of carbonyl (C=O) groups excluding carboxylic acids is 1. The molecule has 0 saturated heterocycles. The molecule has 0 aromatic heterocycles. The van der Waals surface area contributed by atoms with Gasteiger partial charge in [0.2, 0.25) is 0 Å². The second kappa shape index (κ2) is 9.27. The minimum Gasteiger partial charge on any atom is -0.483 e. The van der Waals surface area contributed by atoms with E-state index in [0.29, 0.717) is 35.9 Å². The van der Waals surface area contributed by atoms with E-state index in [4.69, 9.17) is 4.74 Å². The van der Waals surface area contributed by atoms with Gasteiger partial charge in [0.1, 0.15) is 5.75 Å². The Hall–Kier alpha value is -3.32. The molecule has 1 amide bonds. The lowest BCUT2D eigenvalue weighted by molar-refractivity contribution is -0.118. The molecule has 1 aliphatic heterocycles. The van der Waals surface area contributed by atoms with Crippen LogP contribution in [0.5, 0.6) is 5.75 Å². The highest BCUT2D eigenvalue weighted by atomic mass is 32.2. The molecule has 0 radical (unpaired) electrons. The second-order valence-electron chi connectivity index (χ2n) is 8.50. The molecule has 172 valence electrons. The van der Waals surface area contributed by atoms with Crippen LogP contribution in [0, 0.1) is 6.92 Å². The lowest BCUT2D eigenvalue weighted by atomic mass is 10.0. The number of carbonyl (C=O) groups is 1. The third-order valence-corrected chi connectivity index (χ3v) is 7.61. The fraction of sp³-hybridized carbons (Fsp3) is 0.269. The topological polar surface area (TPSA) is 75.7 Å². The predicted octanol–water partition coefficient (Wildman–Crippen LogP) is 4.89. The van der Waals surface area contributed by atoms with Crippen molar-refractivity contribution in [3.8, 4) is 5.75 Å². The second-order valence-corrected chi connectivity index (χ2v) is 10.4. The number of nitrogens with one attached hydrogen (secondary N) is 1. The number of aryl methyl sites for hydroxylation is 1. The highest BCUT2D eigenvalue weighted by Gasteiger charge is 2.30. The van der Waals surface area contributed by atoms with Gasteiger partial charge in [-0.2, -0.15) is 0 Å². The zero-order valence-electron chi connectivity index (χ0n) is 19.0. The van der Waals surface area contributed by atoms with Gasteiger partial charge in [-0.15, -0.1) is 0 Å². The molecule has 0 fully saturated rings. The summed E-state index contributed by atoms with van der Waals surface area (Å²) in [6.45, 7) is 6.26. The van der Waals surface area contributed by atoms with Gasteiger partial charge >= 0.3 is 0 Å². The molecular weight excluding hydrogens is 436 g/mol. The van der Waals surface area contributed by atoms with E-state index in [1.165, 1.54) is 15.9 Å². The number of anilines is 2. The first-order valence-electron chi connectivity index (χ1n) is 11.0. The number of hydrogen-bond donors (Lipinski definition) is 1. The molecule has 3 aromatic carbocycles. The van der Waals surface area contributed by atoms with Crippen molar-refractivity contribution >= 4 is 27.3 Å². The van der Waals surface area contributed by atoms with Crippen molar-refractivity contribution in [1.29, 1.82) is 0 Å². The van der Waals surface area contributed by atoms with E-state index in [-0.39, 0.29) is 17.4 Å². The zero-order valence-corrected chi connectivity index (χ0v) is 19.9. The number of rotatable bonds is 7. The highest BCUT2D eigenvalue weighted by Crippen LogP contribution is 2.33. The maximum atomic E-state index is 13.2. The van der Waals surface area contributed by atoms with E-state index < -0.39 is 10.0 Å². The van der Waals surface area contributed by atoms with Crippen molar-refractivity contribution in [2.45, 2.75) is 38.0 Å². The monoisotopic (exact) mass is 464 g/mol. The molecule has 1 N–H and O–H groups in total. The van der Waals surface area contributed by atoms with E-state index in [1.807, 2.05) is 48.5 Å². The number of sulfonamides is 1. The van der Waals surface area contributed by atoms with Crippen molar-refractivity contribution in [2.75, 3.05) is 22.8 Å². The summed E-state index contributed by atoms with van der Waals surface area (Å²) in [4.78, 5) is 12.5. The van der Waals surface area contributed by atoms with E-state index >= 15 is 0 Å². The van der Waals surface area contributed by atoms with Gasteiger partial charge < -0.3 is 10.1 Å². The first-order valence-corrected chi connectivity index (χ1v) is 12.4. The quantitative estimate of drug-likeness (QED) is 0.540. The van der Waals surface area contributed by atoms with Gasteiger partial charge in [0, 0.05) is 12.2 Å². The Labute approximate surface area is 195 Å². The van der Waals surface area contributed by atoms with E-state index in [9.17, 15) is 13.2 Å². The summed E-state index contributed by atoms with van der Waals surface area (Å²) in [7, 11) is -3.67. The predicted molar refractivity (Wildman–Crippen MR) is 131 cm³/mol. The van der Waals surface area contributed by atoms with Crippen LogP contribution >= 0.6 is 0 Å². The van der Waals surface area contributed by atoms with Gasteiger partial charge in [-0.1, -0.05) is 44.2 Å². The number of hydrogen-bond acceptors (Lipinski definition) is 4. The van der Waals surface area contributed by atoms with Crippen LogP contribution in [-0.2, 0) is 21.2 Å². The van der Waals surface area contributed by atoms with Crippen LogP contribution in [0.1, 0.15) is 36.5 Å². The first kappa shape index (κ1) is 22.9. The molecule has 0 unspecified atom stereocenters. The number of para-hydroxylation sites is 1. The summed E-state index contributed by atoms with van der Waals surface area (Å²) in [6, 6.07) is 20.0. The van der Waals surface area contributed by atoms with Crippen molar-refractivity contribution in [2.24, 2.45) is 0 Å². The Morgan fingerprint density at radius 3 is 2.48 bits per heavy atom.